The molecule has 0 atom stereocenters. The number of azo groups is 2. The Morgan fingerprint density at radius 3 is 1.76 bits per heavy atom. The first-order valence-corrected chi connectivity index (χ1v) is 9.33. The number of hydrogen-bond acceptors (Lipinski definition) is 5. The first-order valence-electron chi connectivity index (χ1n) is 9.33. The van der Waals surface area contributed by atoms with E-state index in [0.717, 1.165) is 33.3 Å². The number of phenolic OH excluding ortho intramolecular Hbond substituents is 1. The second-order valence-corrected chi connectivity index (χ2v) is 6.79. The maximum Gasteiger partial charge on any atom is 0.171 e. The summed E-state index contributed by atoms with van der Waals surface area (Å²) in [5.41, 5.74) is 4.26. The van der Waals surface area contributed by atoms with Gasteiger partial charge in [0.25, 0.3) is 0 Å². The summed E-state index contributed by atoms with van der Waals surface area (Å²) < 4.78 is 0. The molecule has 5 nitrogen and oxygen atoms in total. The molecular weight excluding hydrogens is 360 g/mol. The predicted octanol–water partition coefficient (Wildman–Crippen LogP) is 7.99. The monoisotopic (exact) mass is 380 g/mol. The molecule has 0 spiro atoms. The topological polar surface area (TPSA) is 69.7 Å². The van der Waals surface area contributed by atoms with Crippen molar-refractivity contribution in [1.82, 2.24) is 0 Å². The highest BCUT2D eigenvalue weighted by Crippen LogP contribution is 2.44. The van der Waals surface area contributed by atoms with Gasteiger partial charge in [-0.2, -0.15) is 10.2 Å². The highest BCUT2D eigenvalue weighted by Gasteiger charge is 2.13. The van der Waals surface area contributed by atoms with E-state index in [1.807, 2.05) is 86.6 Å². The maximum atomic E-state index is 10.9. The fourth-order valence-corrected chi connectivity index (χ4v) is 3.04. The molecule has 0 aliphatic heterocycles. The average molecular weight is 380 g/mol. The van der Waals surface area contributed by atoms with Gasteiger partial charge in [0, 0.05) is 5.39 Å². The van der Waals surface area contributed by atoms with E-state index >= 15 is 0 Å². The van der Waals surface area contributed by atoms with Crippen molar-refractivity contribution in [1.29, 1.82) is 0 Å². The zero-order valence-electron chi connectivity index (χ0n) is 16.2. The minimum Gasteiger partial charge on any atom is -0.504 e. The molecule has 142 valence electrons. The number of benzene rings is 4. The van der Waals surface area contributed by atoms with Crippen molar-refractivity contribution in [3.63, 3.8) is 0 Å². The molecule has 4 rings (SSSR count). The Hall–Kier alpha value is -3.86. The van der Waals surface area contributed by atoms with Gasteiger partial charge in [-0.3, -0.25) is 0 Å². The van der Waals surface area contributed by atoms with E-state index in [9.17, 15) is 5.11 Å². The number of fused-ring (bicyclic) bond motifs is 1. The van der Waals surface area contributed by atoms with Gasteiger partial charge in [0.05, 0.1) is 11.4 Å². The molecule has 0 saturated heterocycles. The zero-order valence-corrected chi connectivity index (χ0v) is 16.2. The lowest BCUT2D eigenvalue weighted by Gasteiger charge is -2.07. The third kappa shape index (κ3) is 3.89. The van der Waals surface area contributed by atoms with Crippen LogP contribution in [0.1, 0.15) is 11.1 Å². The molecule has 0 fully saturated rings. The van der Waals surface area contributed by atoms with Crippen LogP contribution in [0.4, 0.5) is 22.7 Å². The SMILES string of the molecule is Cc1ccccc1N=Nc1cc2ccccc2c(N=Nc2ccccc2C)c1O. The maximum absolute atomic E-state index is 10.9. The Labute approximate surface area is 169 Å². The molecule has 5 heteroatoms. The lowest BCUT2D eigenvalue weighted by molar-refractivity contribution is 0.478. The van der Waals surface area contributed by atoms with E-state index in [1.54, 1.807) is 6.07 Å². The molecule has 1 N–H and O–H groups in total. The summed E-state index contributed by atoms with van der Waals surface area (Å²) in [7, 11) is 0. The first-order chi connectivity index (χ1) is 14.1. The van der Waals surface area contributed by atoms with Gasteiger partial charge in [-0.15, -0.1) is 10.2 Å². The summed E-state index contributed by atoms with van der Waals surface area (Å²) in [6, 6.07) is 24.9. The summed E-state index contributed by atoms with van der Waals surface area (Å²) >= 11 is 0. The highest BCUT2D eigenvalue weighted by molar-refractivity contribution is 5.99. The molecule has 29 heavy (non-hydrogen) atoms. The molecule has 4 aromatic carbocycles. The number of phenols is 1. The van der Waals surface area contributed by atoms with Crippen molar-refractivity contribution in [3.05, 3.63) is 90.0 Å². The highest BCUT2D eigenvalue weighted by atomic mass is 16.3. The van der Waals surface area contributed by atoms with Gasteiger partial charge < -0.3 is 5.11 Å². The smallest absolute Gasteiger partial charge is 0.171 e. The summed E-state index contributed by atoms with van der Waals surface area (Å²) in [5, 5.41) is 29.9. The van der Waals surface area contributed by atoms with Crippen LogP contribution < -0.4 is 0 Å². The van der Waals surface area contributed by atoms with Crippen LogP contribution in [0.2, 0.25) is 0 Å². The molecule has 0 aliphatic rings. The van der Waals surface area contributed by atoms with E-state index in [1.165, 1.54) is 0 Å². The molecule has 0 radical (unpaired) electrons. The Morgan fingerprint density at radius 2 is 1.10 bits per heavy atom. The standard InChI is InChI=1S/C24H20N4O/c1-16-9-3-7-13-20(16)25-27-22-15-18-11-5-6-12-19(18)23(24(22)29)28-26-21-14-8-4-10-17(21)2/h3-15,29H,1-2H3. The molecular formula is C24H20N4O. The number of aryl methyl sites for hydroxylation is 2. The normalized spacial score (nSPS) is 11.7. The quantitative estimate of drug-likeness (QED) is 0.358. The molecule has 0 aliphatic carbocycles. The van der Waals surface area contributed by atoms with Crippen molar-refractivity contribution < 1.29 is 5.11 Å². The van der Waals surface area contributed by atoms with Gasteiger partial charge in [0.15, 0.2) is 5.75 Å². The second kappa shape index (κ2) is 8.02. The van der Waals surface area contributed by atoms with Crippen molar-refractivity contribution >= 4 is 33.5 Å². The van der Waals surface area contributed by atoms with Gasteiger partial charge in [-0.05, 0) is 48.6 Å². The van der Waals surface area contributed by atoms with Gasteiger partial charge in [-0.25, -0.2) is 0 Å². The van der Waals surface area contributed by atoms with Crippen LogP contribution in [0, 0.1) is 13.8 Å². The first kappa shape index (κ1) is 18.5. The van der Waals surface area contributed by atoms with E-state index in [4.69, 9.17) is 0 Å². The number of rotatable bonds is 4. The van der Waals surface area contributed by atoms with Crippen LogP contribution in [0.25, 0.3) is 10.8 Å². The van der Waals surface area contributed by atoms with Crippen molar-refractivity contribution in [2.45, 2.75) is 13.8 Å². The van der Waals surface area contributed by atoms with Crippen LogP contribution in [0.3, 0.4) is 0 Å². The molecule has 0 bridgehead atoms. The van der Waals surface area contributed by atoms with Crippen molar-refractivity contribution in [2.75, 3.05) is 0 Å². The Bertz CT molecular complexity index is 1240. The number of hydrogen-bond donors (Lipinski definition) is 1. The van der Waals surface area contributed by atoms with Crippen molar-refractivity contribution in [2.24, 2.45) is 20.5 Å². The van der Waals surface area contributed by atoms with Crippen molar-refractivity contribution in [3.8, 4) is 5.75 Å². The fraction of sp³-hybridized carbons (Fsp3) is 0.0833. The van der Waals surface area contributed by atoms with Gasteiger partial charge in [0.1, 0.15) is 11.4 Å². The Morgan fingerprint density at radius 1 is 0.586 bits per heavy atom. The number of nitrogens with zero attached hydrogens (tertiary/aromatic N) is 4. The van der Waals surface area contributed by atoms with E-state index < -0.39 is 0 Å². The molecule has 0 saturated carbocycles. The van der Waals surface area contributed by atoms with Crippen LogP contribution in [-0.2, 0) is 0 Å². The number of aromatic hydroxyl groups is 1. The minimum absolute atomic E-state index is 0.0432. The lowest BCUT2D eigenvalue weighted by Crippen LogP contribution is -1.78. The summed E-state index contributed by atoms with van der Waals surface area (Å²) in [5.74, 6) is -0.0432. The fourth-order valence-electron chi connectivity index (χ4n) is 3.04. The van der Waals surface area contributed by atoms with E-state index in [2.05, 4.69) is 20.5 Å². The Balaban J connectivity index is 1.82. The lowest BCUT2D eigenvalue weighted by atomic mass is 10.1. The molecule has 4 aromatic rings. The summed E-state index contributed by atoms with van der Waals surface area (Å²) in [4.78, 5) is 0. The van der Waals surface area contributed by atoms with Crippen LogP contribution in [0.15, 0.2) is 99.3 Å². The summed E-state index contributed by atoms with van der Waals surface area (Å²) in [6.45, 7) is 3.94. The van der Waals surface area contributed by atoms with E-state index in [0.29, 0.717) is 11.4 Å². The second-order valence-electron chi connectivity index (χ2n) is 6.79. The third-order valence-electron chi connectivity index (χ3n) is 4.73. The van der Waals surface area contributed by atoms with E-state index in [-0.39, 0.29) is 5.75 Å². The molecule has 0 aromatic heterocycles. The average Bonchev–Trinajstić information content (AvgIpc) is 2.74. The Kier molecular flexibility index (Phi) is 5.12. The predicted molar refractivity (Wildman–Crippen MR) is 116 cm³/mol. The minimum atomic E-state index is -0.0432. The largest absolute Gasteiger partial charge is 0.504 e. The van der Waals surface area contributed by atoms with Gasteiger partial charge >= 0.3 is 0 Å². The summed E-state index contributed by atoms with van der Waals surface area (Å²) in [6.07, 6.45) is 0. The van der Waals surface area contributed by atoms with Gasteiger partial charge in [-0.1, -0.05) is 60.7 Å². The van der Waals surface area contributed by atoms with Gasteiger partial charge in [0.2, 0.25) is 0 Å². The van der Waals surface area contributed by atoms with Crippen LogP contribution in [0.5, 0.6) is 5.75 Å². The molecule has 0 amide bonds. The third-order valence-corrected chi connectivity index (χ3v) is 4.73. The zero-order chi connectivity index (χ0) is 20.2. The molecule has 0 heterocycles. The van der Waals surface area contributed by atoms with Crippen LogP contribution >= 0.6 is 0 Å². The molecule has 0 unspecified atom stereocenters. The van der Waals surface area contributed by atoms with Crippen LogP contribution in [-0.4, -0.2) is 5.11 Å².